The molecule has 1 N–H and O–H groups in total. The van der Waals surface area contributed by atoms with Crippen molar-refractivity contribution >= 4 is 5.97 Å². The monoisotopic (exact) mass is 213 g/mol. The van der Waals surface area contributed by atoms with Gasteiger partial charge in [0.05, 0.1) is 5.41 Å². The van der Waals surface area contributed by atoms with Crippen LogP contribution in [0, 0.1) is 5.41 Å². The summed E-state index contributed by atoms with van der Waals surface area (Å²) in [6.45, 7) is 7.89. The molecule has 0 spiro atoms. The molecular formula is C12H23NO2. The van der Waals surface area contributed by atoms with Gasteiger partial charge in [-0.15, -0.1) is 0 Å². The highest BCUT2D eigenvalue weighted by Crippen LogP contribution is 2.28. The summed E-state index contributed by atoms with van der Waals surface area (Å²) in [5, 5.41) is 9.28. The lowest BCUT2D eigenvalue weighted by molar-refractivity contribution is -0.149. The maximum Gasteiger partial charge on any atom is 0.310 e. The van der Waals surface area contributed by atoms with E-state index in [1.807, 2.05) is 6.92 Å². The van der Waals surface area contributed by atoms with Crippen molar-refractivity contribution in [3.8, 4) is 0 Å². The zero-order valence-electron chi connectivity index (χ0n) is 10.1. The molecule has 0 amide bonds. The zero-order valence-corrected chi connectivity index (χ0v) is 10.1. The molecule has 15 heavy (non-hydrogen) atoms. The second kappa shape index (κ2) is 4.97. The topological polar surface area (TPSA) is 40.5 Å². The molecule has 2 unspecified atom stereocenters. The van der Waals surface area contributed by atoms with Gasteiger partial charge in [-0.1, -0.05) is 13.3 Å². The van der Waals surface area contributed by atoms with E-state index < -0.39 is 11.4 Å². The highest BCUT2D eigenvalue weighted by molar-refractivity contribution is 5.74. The van der Waals surface area contributed by atoms with Crippen LogP contribution in [0.2, 0.25) is 0 Å². The van der Waals surface area contributed by atoms with Gasteiger partial charge < -0.3 is 5.11 Å². The molecule has 1 rings (SSSR count). The maximum atomic E-state index is 11.3. The Bertz CT molecular complexity index is 230. The summed E-state index contributed by atoms with van der Waals surface area (Å²) in [6.07, 6.45) is 4.13. The minimum atomic E-state index is -0.650. The number of carbonyl (C=O) groups is 1. The quantitative estimate of drug-likeness (QED) is 0.762. The van der Waals surface area contributed by atoms with E-state index in [2.05, 4.69) is 18.7 Å². The van der Waals surface area contributed by atoms with Crippen LogP contribution >= 0.6 is 0 Å². The third-order valence-corrected chi connectivity index (χ3v) is 3.56. The summed E-state index contributed by atoms with van der Waals surface area (Å²) in [4.78, 5) is 13.6. The Balaban J connectivity index is 2.61. The molecule has 0 saturated carbocycles. The number of carboxylic acids is 1. The second-order valence-corrected chi connectivity index (χ2v) is 5.08. The lowest BCUT2D eigenvalue weighted by atomic mass is 9.85. The van der Waals surface area contributed by atoms with E-state index in [-0.39, 0.29) is 0 Å². The van der Waals surface area contributed by atoms with Crippen LogP contribution in [0.15, 0.2) is 0 Å². The van der Waals surface area contributed by atoms with Gasteiger partial charge in [0.25, 0.3) is 0 Å². The van der Waals surface area contributed by atoms with E-state index in [1.54, 1.807) is 0 Å². The average Bonchev–Trinajstić information content (AvgIpc) is 2.52. The number of carboxylic acid groups (broad SMARTS) is 1. The molecule has 0 aliphatic carbocycles. The third-order valence-electron chi connectivity index (χ3n) is 3.56. The van der Waals surface area contributed by atoms with Crippen molar-refractivity contribution in [1.82, 2.24) is 4.90 Å². The van der Waals surface area contributed by atoms with E-state index in [4.69, 9.17) is 0 Å². The highest BCUT2D eigenvalue weighted by atomic mass is 16.4. The molecule has 3 nitrogen and oxygen atoms in total. The predicted octanol–water partition coefficient (Wildman–Crippen LogP) is 2.36. The number of hydrogen-bond donors (Lipinski definition) is 1. The molecule has 0 aromatic heterocycles. The zero-order chi connectivity index (χ0) is 11.5. The number of hydrogen-bond acceptors (Lipinski definition) is 2. The van der Waals surface area contributed by atoms with Crippen LogP contribution in [0.3, 0.4) is 0 Å². The number of aliphatic carboxylic acids is 1. The van der Waals surface area contributed by atoms with Gasteiger partial charge in [0.15, 0.2) is 0 Å². The summed E-state index contributed by atoms with van der Waals surface area (Å²) >= 11 is 0. The maximum absolute atomic E-state index is 11.3. The van der Waals surface area contributed by atoms with E-state index in [9.17, 15) is 9.90 Å². The van der Waals surface area contributed by atoms with Crippen LogP contribution in [0.5, 0.6) is 0 Å². The van der Waals surface area contributed by atoms with E-state index in [1.165, 1.54) is 12.8 Å². The fourth-order valence-corrected chi connectivity index (χ4v) is 2.48. The summed E-state index contributed by atoms with van der Waals surface area (Å²) < 4.78 is 0. The molecule has 1 fully saturated rings. The lowest BCUT2D eigenvalue weighted by Gasteiger charge is -2.32. The van der Waals surface area contributed by atoms with E-state index in [0.717, 1.165) is 19.4 Å². The van der Waals surface area contributed by atoms with Crippen LogP contribution in [0.25, 0.3) is 0 Å². The summed E-state index contributed by atoms with van der Waals surface area (Å²) in [5.41, 5.74) is -0.562. The molecule has 1 heterocycles. The second-order valence-electron chi connectivity index (χ2n) is 5.08. The van der Waals surface area contributed by atoms with Crippen molar-refractivity contribution in [1.29, 1.82) is 0 Å². The molecular weight excluding hydrogens is 190 g/mol. The Morgan fingerprint density at radius 1 is 1.60 bits per heavy atom. The van der Waals surface area contributed by atoms with Gasteiger partial charge in [-0.05, 0) is 39.7 Å². The van der Waals surface area contributed by atoms with Crippen molar-refractivity contribution < 1.29 is 9.90 Å². The first-order valence-electron chi connectivity index (χ1n) is 5.97. The third kappa shape index (κ3) is 2.94. The molecule has 0 radical (unpaired) electrons. The van der Waals surface area contributed by atoms with Crippen molar-refractivity contribution in [3.05, 3.63) is 0 Å². The first kappa shape index (κ1) is 12.5. The summed E-state index contributed by atoms with van der Waals surface area (Å²) in [5.74, 6) is -0.650. The molecule has 3 heteroatoms. The Kier molecular flexibility index (Phi) is 4.14. The van der Waals surface area contributed by atoms with Crippen molar-refractivity contribution in [2.75, 3.05) is 13.1 Å². The van der Waals surface area contributed by atoms with Crippen molar-refractivity contribution in [2.45, 2.75) is 52.5 Å². The number of nitrogens with zero attached hydrogens (tertiary/aromatic N) is 1. The molecule has 1 aliphatic rings. The average molecular weight is 213 g/mol. The Hall–Kier alpha value is -0.570. The fourth-order valence-electron chi connectivity index (χ4n) is 2.48. The fraction of sp³-hybridized carbons (Fsp3) is 0.917. The van der Waals surface area contributed by atoms with Crippen molar-refractivity contribution in [3.63, 3.8) is 0 Å². The van der Waals surface area contributed by atoms with Gasteiger partial charge in [-0.25, -0.2) is 0 Å². The minimum Gasteiger partial charge on any atom is -0.481 e. The molecule has 2 atom stereocenters. The van der Waals surface area contributed by atoms with Gasteiger partial charge in [-0.2, -0.15) is 0 Å². The van der Waals surface area contributed by atoms with E-state index in [0.29, 0.717) is 12.6 Å². The Morgan fingerprint density at radius 2 is 2.27 bits per heavy atom. The van der Waals surface area contributed by atoms with Crippen LogP contribution in [-0.4, -0.2) is 35.1 Å². The van der Waals surface area contributed by atoms with Crippen LogP contribution < -0.4 is 0 Å². The molecule has 0 aromatic carbocycles. The van der Waals surface area contributed by atoms with Crippen LogP contribution in [0.1, 0.15) is 46.5 Å². The standard InChI is InChI=1S/C12H23NO2/c1-4-7-12(3,11(14)15)9-13-8-5-6-10(13)2/h10H,4-9H2,1-3H3,(H,14,15). The van der Waals surface area contributed by atoms with Gasteiger partial charge in [0, 0.05) is 12.6 Å². The first-order chi connectivity index (χ1) is 6.99. The molecule has 0 aromatic rings. The Morgan fingerprint density at radius 3 is 2.67 bits per heavy atom. The summed E-state index contributed by atoms with van der Waals surface area (Å²) in [7, 11) is 0. The highest BCUT2D eigenvalue weighted by Gasteiger charge is 2.36. The van der Waals surface area contributed by atoms with E-state index >= 15 is 0 Å². The molecule has 1 aliphatic heterocycles. The minimum absolute atomic E-state index is 0.556. The molecule has 0 bridgehead atoms. The number of rotatable bonds is 5. The Labute approximate surface area is 92.5 Å². The van der Waals surface area contributed by atoms with Gasteiger partial charge in [-0.3, -0.25) is 9.69 Å². The van der Waals surface area contributed by atoms with Crippen molar-refractivity contribution in [2.24, 2.45) is 5.41 Å². The molecule has 88 valence electrons. The molecule has 1 saturated heterocycles. The van der Waals surface area contributed by atoms with Gasteiger partial charge in [0.1, 0.15) is 0 Å². The van der Waals surface area contributed by atoms with Gasteiger partial charge >= 0.3 is 5.97 Å². The van der Waals surface area contributed by atoms with Crippen LogP contribution in [-0.2, 0) is 4.79 Å². The number of likely N-dealkylation sites (tertiary alicyclic amines) is 1. The SMILES string of the molecule is CCCC(C)(CN1CCCC1C)C(=O)O. The van der Waals surface area contributed by atoms with Crippen LogP contribution in [0.4, 0.5) is 0 Å². The lowest BCUT2D eigenvalue weighted by Crippen LogP contribution is -2.42. The smallest absolute Gasteiger partial charge is 0.310 e. The predicted molar refractivity (Wildman–Crippen MR) is 60.9 cm³/mol. The largest absolute Gasteiger partial charge is 0.481 e. The summed E-state index contributed by atoms with van der Waals surface area (Å²) in [6, 6.07) is 0.556. The first-order valence-corrected chi connectivity index (χ1v) is 5.97. The normalized spacial score (nSPS) is 26.5. The van der Waals surface area contributed by atoms with Gasteiger partial charge in [0.2, 0.25) is 0 Å².